The average molecular weight is 293 g/mol. The summed E-state index contributed by atoms with van der Waals surface area (Å²) in [4.78, 5) is 4.62. The van der Waals surface area contributed by atoms with Crippen molar-refractivity contribution < 1.29 is 14.2 Å². The second-order valence-corrected chi connectivity index (χ2v) is 5.73. The molecule has 0 aliphatic rings. The zero-order chi connectivity index (χ0) is 15.6. The largest absolute Gasteiger partial charge is 0.493 e. The van der Waals surface area contributed by atoms with Crippen molar-refractivity contribution in [1.29, 1.82) is 0 Å². The number of methoxy groups -OCH3 is 3. The fourth-order valence-electron chi connectivity index (χ4n) is 2.32. The van der Waals surface area contributed by atoms with Crippen LogP contribution < -0.4 is 15.2 Å². The molecule has 0 aliphatic heterocycles. The Kier molecular flexibility index (Phi) is 4.39. The standard InChI is InChI=1S/C15H23N3O3/c1-15(2,16)9-18-11-7-13(21-5)12(20-4)6-10(11)17-14(18)8-19-3/h6-7H,8-9,16H2,1-5H3. The molecule has 1 aromatic carbocycles. The monoisotopic (exact) mass is 293 g/mol. The molecule has 0 fully saturated rings. The van der Waals surface area contributed by atoms with Crippen LogP contribution in [0.15, 0.2) is 12.1 Å². The topological polar surface area (TPSA) is 71.5 Å². The van der Waals surface area contributed by atoms with E-state index in [4.69, 9.17) is 19.9 Å². The Morgan fingerprint density at radius 2 is 1.76 bits per heavy atom. The molecule has 0 radical (unpaired) electrons. The van der Waals surface area contributed by atoms with Crippen LogP contribution in [0.1, 0.15) is 19.7 Å². The predicted octanol–water partition coefficient (Wildman–Crippen LogP) is 1.94. The predicted molar refractivity (Wildman–Crippen MR) is 81.8 cm³/mol. The molecule has 116 valence electrons. The minimum atomic E-state index is -0.358. The summed E-state index contributed by atoms with van der Waals surface area (Å²) in [5.74, 6) is 2.16. The van der Waals surface area contributed by atoms with E-state index < -0.39 is 0 Å². The molecule has 0 amide bonds. The van der Waals surface area contributed by atoms with Crippen LogP contribution in [0.5, 0.6) is 11.5 Å². The lowest BCUT2D eigenvalue weighted by Crippen LogP contribution is -2.37. The van der Waals surface area contributed by atoms with Gasteiger partial charge in [-0.1, -0.05) is 0 Å². The van der Waals surface area contributed by atoms with Gasteiger partial charge < -0.3 is 24.5 Å². The molecule has 6 nitrogen and oxygen atoms in total. The third-order valence-corrected chi connectivity index (χ3v) is 3.17. The van der Waals surface area contributed by atoms with E-state index in [0.29, 0.717) is 24.7 Å². The summed E-state index contributed by atoms with van der Waals surface area (Å²) in [5.41, 5.74) is 7.60. The van der Waals surface area contributed by atoms with Gasteiger partial charge in [-0.15, -0.1) is 0 Å². The zero-order valence-electron chi connectivity index (χ0n) is 13.3. The smallest absolute Gasteiger partial charge is 0.163 e. The molecule has 0 saturated heterocycles. The van der Waals surface area contributed by atoms with Crippen LogP contribution in [0.2, 0.25) is 0 Å². The molecule has 6 heteroatoms. The maximum atomic E-state index is 6.16. The second-order valence-electron chi connectivity index (χ2n) is 5.73. The molecule has 1 aromatic heterocycles. The van der Waals surface area contributed by atoms with Crippen molar-refractivity contribution in [1.82, 2.24) is 9.55 Å². The van der Waals surface area contributed by atoms with Gasteiger partial charge in [-0.3, -0.25) is 0 Å². The number of ether oxygens (including phenoxy) is 3. The van der Waals surface area contributed by atoms with Crippen molar-refractivity contribution in [3.63, 3.8) is 0 Å². The first-order valence-electron chi connectivity index (χ1n) is 6.78. The Balaban J connectivity index is 2.63. The number of rotatable bonds is 6. The van der Waals surface area contributed by atoms with Crippen molar-refractivity contribution in [2.75, 3.05) is 21.3 Å². The van der Waals surface area contributed by atoms with Gasteiger partial charge in [0.05, 0.1) is 25.3 Å². The van der Waals surface area contributed by atoms with Crippen LogP contribution in [0, 0.1) is 0 Å². The van der Waals surface area contributed by atoms with Crippen LogP contribution in [0.25, 0.3) is 11.0 Å². The van der Waals surface area contributed by atoms with E-state index in [1.807, 2.05) is 26.0 Å². The van der Waals surface area contributed by atoms with Crippen LogP contribution in [-0.4, -0.2) is 36.4 Å². The van der Waals surface area contributed by atoms with Gasteiger partial charge in [-0.2, -0.15) is 0 Å². The summed E-state index contributed by atoms with van der Waals surface area (Å²) in [6.45, 7) is 5.03. The minimum absolute atomic E-state index is 0.358. The van der Waals surface area contributed by atoms with Crippen LogP contribution in [0.3, 0.4) is 0 Å². The number of nitrogens with zero attached hydrogens (tertiary/aromatic N) is 2. The molecule has 2 N–H and O–H groups in total. The maximum absolute atomic E-state index is 6.16. The van der Waals surface area contributed by atoms with Crippen molar-refractivity contribution in [3.05, 3.63) is 18.0 Å². The summed E-state index contributed by atoms with van der Waals surface area (Å²) in [6.07, 6.45) is 0. The molecule has 0 saturated carbocycles. The average Bonchev–Trinajstić information content (AvgIpc) is 2.73. The van der Waals surface area contributed by atoms with Gasteiger partial charge in [0.2, 0.25) is 0 Å². The van der Waals surface area contributed by atoms with Gasteiger partial charge in [0.15, 0.2) is 11.5 Å². The van der Waals surface area contributed by atoms with E-state index in [2.05, 4.69) is 9.55 Å². The van der Waals surface area contributed by atoms with E-state index in [1.165, 1.54) is 0 Å². The number of nitrogens with two attached hydrogens (primary N) is 1. The fraction of sp³-hybridized carbons (Fsp3) is 0.533. The van der Waals surface area contributed by atoms with E-state index in [-0.39, 0.29) is 5.54 Å². The number of imidazole rings is 1. The molecule has 2 rings (SSSR count). The quantitative estimate of drug-likeness (QED) is 0.881. The SMILES string of the molecule is COCc1nc2cc(OC)c(OC)cc2n1CC(C)(C)N. The molecule has 2 aromatic rings. The summed E-state index contributed by atoms with van der Waals surface area (Å²) in [6, 6.07) is 3.79. The van der Waals surface area contributed by atoms with Gasteiger partial charge in [-0.25, -0.2) is 4.98 Å². The Labute approximate surface area is 124 Å². The molecule has 0 spiro atoms. The normalized spacial score (nSPS) is 11.9. The minimum Gasteiger partial charge on any atom is -0.493 e. The van der Waals surface area contributed by atoms with Gasteiger partial charge in [0.1, 0.15) is 12.4 Å². The van der Waals surface area contributed by atoms with Crippen molar-refractivity contribution in [3.8, 4) is 11.5 Å². The summed E-state index contributed by atoms with van der Waals surface area (Å²) in [5, 5.41) is 0. The Hall–Kier alpha value is -1.79. The first-order valence-corrected chi connectivity index (χ1v) is 6.78. The van der Waals surface area contributed by atoms with Crippen LogP contribution in [0.4, 0.5) is 0 Å². The van der Waals surface area contributed by atoms with Gasteiger partial charge in [0.25, 0.3) is 0 Å². The third kappa shape index (κ3) is 3.28. The Morgan fingerprint density at radius 3 is 2.29 bits per heavy atom. The number of hydrogen-bond donors (Lipinski definition) is 1. The summed E-state index contributed by atoms with van der Waals surface area (Å²) >= 11 is 0. The van der Waals surface area contributed by atoms with E-state index in [0.717, 1.165) is 16.9 Å². The highest BCUT2D eigenvalue weighted by Gasteiger charge is 2.19. The lowest BCUT2D eigenvalue weighted by molar-refractivity contribution is 0.173. The first-order chi connectivity index (χ1) is 9.89. The molecule has 21 heavy (non-hydrogen) atoms. The van der Waals surface area contributed by atoms with Gasteiger partial charge in [-0.05, 0) is 13.8 Å². The number of fused-ring (bicyclic) bond motifs is 1. The van der Waals surface area contributed by atoms with Crippen molar-refractivity contribution in [2.45, 2.75) is 32.5 Å². The molecule has 0 aliphatic carbocycles. The number of benzene rings is 1. The maximum Gasteiger partial charge on any atom is 0.163 e. The lowest BCUT2D eigenvalue weighted by atomic mass is 10.1. The fourth-order valence-corrected chi connectivity index (χ4v) is 2.32. The van der Waals surface area contributed by atoms with E-state index in [9.17, 15) is 0 Å². The molecular formula is C15H23N3O3. The molecular weight excluding hydrogens is 270 g/mol. The Morgan fingerprint density at radius 1 is 1.14 bits per heavy atom. The number of hydrogen-bond acceptors (Lipinski definition) is 5. The highest BCUT2D eigenvalue weighted by atomic mass is 16.5. The second kappa shape index (κ2) is 5.91. The lowest BCUT2D eigenvalue weighted by Gasteiger charge is -2.21. The Bertz CT molecular complexity index is 629. The van der Waals surface area contributed by atoms with E-state index >= 15 is 0 Å². The summed E-state index contributed by atoms with van der Waals surface area (Å²) in [7, 11) is 4.88. The molecule has 1 heterocycles. The third-order valence-electron chi connectivity index (χ3n) is 3.17. The van der Waals surface area contributed by atoms with Crippen molar-refractivity contribution in [2.24, 2.45) is 5.73 Å². The van der Waals surface area contributed by atoms with Crippen LogP contribution >= 0.6 is 0 Å². The molecule has 0 atom stereocenters. The van der Waals surface area contributed by atoms with Gasteiger partial charge >= 0.3 is 0 Å². The number of aromatic nitrogens is 2. The first kappa shape index (κ1) is 15.6. The zero-order valence-corrected chi connectivity index (χ0v) is 13.3. The molecule has 0 bridgehead atoms. The van der Waals surface area contributed by atoms with E-state index in [1.54, 1.807) is 21.3 Å². The highest BCUT2D eigenvalue weighted by molar-refractivity contribution is 5.80. The van der Waals surface area contributed by atoms with Gasteiger partial charge in [0, 0.05) is 31.3 Å². The van der Waals surface area contributed by atoms with Crippen molar-refractivity contribution >= 4 is 11.0 Å². The molecule has 0 unspecified atom stereocenters. The summed E-state index contributed by atoms with van der Waals surface area (Å²) < 4.78 is 18.0. The van der Waals surface area contributed by atoms with Crippen LogP contribution in [-0.2, 0) is 17.9 Å². The highest BCUT2D eigenvalue weighted by Crippen LogP contribution is 2.33.